The van der Waals surface area contributed by atoms with Crippen LogP contribution >= 0.6 is 11.6 Å². The average Bonchev–Trinajstić information content (AvgIpc) is 2.17. The lowest BCUT2D eigenvalue weighted by molar-refractivity contribution is 0.500. The molecule has 1 rings (SSSR count). The molecule has 2 N–H and O–H groups in total. The number of nitrogens with two attached hydrogens (primary N) is 1. The first-order chi connectivity index (χ1) is 7.41. The highest BCUT2D eigenvalue weighted by Gasteiger charge is 2.24. The molecule has 1 aromatic carbocycles. The lowest BCUT2D eigenvalue weighted by Gasteiger charge is -2.17. The maximum absolute atomic E-state index is 12.1. The standard InChI is InChI=1S/C10H13ClN2O2S/c1-3-7-13(2)16(14,15)10-8(11)5-4-6-9(10)12/h3-6H,1,7,12H2,2H3. The molecule has 0 fully saturated rings. The van der Waals surface area contributed by atoms with Crippen molar-refractivity contribution in [1.29, 1.82) is 0 Å². The van der Waals surface area contributed by atoms with Gasteiger partial charge in [0.25, 0.3) is 0 Å². The van der Waals surface area contributed by atoms with Crippen LogP contribution in [0.15, 0.2) is 35.7 Å². The minimum absolute atomic E-state index is 0.0546. The summed E-state index contributed by atoms with van der Waals surface area (Å²) in [5.41, 5.74) is 5.77. The molecular formula is C10H13ClN2O2S. The summed E-state index contributed by atoms with van der Waals surface area (Å²) in [6.45, 7) is 3.68. The number of hydrogen-bond donors (Lipinski definition) is 1. The number of benzene rings is 1. The fourth-order valence-electron chi connectivity index (χ4n) is 1.23. The van der Waals surface area contributed by atoms with Crippen LogP contribution in [0.25, 0.3) is 0 Å². The number of likely N-dealkylation sites (N-methyl/N-ethyl adjacent to an activating group) is 1. The number of hydrogen-bond acceptors (Lipinski definition) is 3. The molecule has 0 radical (unpaired) electrons. The fraction of sp³-hybridized carbons (Fsp3) is 0.200. The summed E-state index contributed by atoms with van der Waals surface area (Å²) in [6, 6.07) is 4.59. The summed E-state index contributed by atoms with van der Waals surface area (Å²) in [7, 11) is -2.21. The number of nitrogen functional groups attached to an aromatic ring is 1. The van der Waals surface area contributed by atoms with Gasteiger partial charge in [-0.3, -0.25) is 0 Å². The van der Waals surface area contributed by atoms with Crippen LogP contribution in [-0.4, -0.2) is 26.3 Å². The largest absolute Gasteiger partial charge is 0.398 e. The van der Waals surface area contributed by atoms with E-state index in [2.05, 4.69) is 6.58 Å². The van der Waals surface area contributed by atoms with Crippen molar-refractivity contribution < 1.29 is 8.42 Å². The molecule has 0 aliphatic rings. The van der Waals surface area contributed by atoms with Crippen molar-refractivity contribution in [3.63, 3.8) is 0 Å². The Hall–Kier alpha value is -1.04. The molecule has 0 aromatic heterocycles. The second-order valence-electron chi connectivity index (χ2n) is 3.23. The Morgan fingerprint density at radius 3 is 2.69 bits per heavy atom. The van der Waals surface area contributed by atoms with Crippen molar-refractivity contribution in [2.75, 3.05) is 19.3 Å². The molecule has 0 bridgehead atoms. The molecule has 0 saturated carbocycles. The van der Waals surface area contributed by atoms with Crippen molar-refractivity contribution in [2.45, 2.75) is 4.90 Å². The Morgan fingerprint density at radius 1 is 1.56 bits per heavy atom. The molecule has 1 aromatic rings. The van der Waals surface area contributed by atoms with Crippen LogP contribution in [0.3, 0.4) is 0 Å². The van der Waals surface area contributed by atoms with Crippen LogP contribution in [0.4, 0.5) is 5.69 Å². The monoisotopic (exact) mass is 260 g/mol. The molecule has 4 nitrogen and oxygen atoms in total. The number of anilines is 1. The van der Waals surface area contributed by atoms with Crippen LogP contribution < -0.4 is 5.73 Å². The van der Waals surface area contributed by atoms with Gasteiger partial charge in [0, 0.05) is 13.6 Å². The van der Waals surface area contributed by atoms with Crippen LogP contribution in [0.2, 0.25) is 5.02 Å². The van der Waals surface area contributed by atoms with E-state index in [0.29, 0.717) is 0 Å². The lowest BCUT2D eigenvalue weighted by Crippen LogP contribution is -2.27. The Bertz CT molecular complexity index is 479. The van der Waals surface area contributed by atoms with Gasteiger partial charge in [-0.15, -0.1) is 6.58 Å². The van der Waals surface area contributed by atoms with E-state index in [4.69, 9.17) is 17.3 Å². The first-order valence-corrected chi connectivity index (χ1v) is 6.34. The van der Waals surface area contributed by atoms with Crippen LogP contribution in [-0.2, 0) is 10.0 Å². The van der Waals surface area contributed by atoms with Gasteiger partial charge in [-0.05, 0) is 12.1 Å². The maximum Gasteiger partial charge on any atom is 0.246 e. The molecular weight excluding hydrogens is 248 g/mol. The van der Waals surface area contributed by atoms with Crippen molar-refractivity contribution >= 4 is 27.3 Å². The van der Waals surface area contributed by atoms with E-state index in [-0.39, 0.29) is 22.2 Å². The van der Waals surface area contributed by atoms with Gasteiger partial charge in [-0.25, -0.2) is 8.42 Å². The Labute approximate surface area is 100 Å². The fourth-order valence-corrected chi connectivity index (χ4v) is 3.00. The number of sulfonamides is 1. The molecule has 0 aliphatic carbocycles. The lowest BCUT2D eigenvalue weighted by atomic mass is 10.3. The summed E-state index contributed by atoms with van der Waals surface area (Å²) in [5, 5.41) is 0.121. The van der Waals surface area contributed by atoms with E-state index in [1.54, 1.807) is 6.07 Å². The molecule has 16 heavy (non-hydrogen) atoms. The predicted octanol–water partition coefficient (Wildman–Crippen LogP) is 1.73. The second kappa shape index (κ2) is 4.86. The second-order valence-corrected chi connectivity index (χ2v) is 5.62. The normalized spacial score (nSPS) is 11.7. The van der Waals surface area contributed by atoms with Gasteiger partial charge >= 0.3 is 0 Å². The van der Waals surface area contributed by atoms with E-state index in [0.717, 1.165) is 4.31 Å². The molecule has 0 spiro atoms. The number of rotatable bonds is 4. The van der Waals surface area contributed by atoms with Gasteiger partial charge in [0.15, 0.2) is 0 Å². The summed E-state index contributed by atoms with van der Waals surface area (Å²) in [4.78, 5) is -0.0546. The van der Waals surface area contributed by atoms with E-state index in [1.807, 2.05) is 0 Å². The molecule has 0 atom stereocenters. The smallest absolute Gasteiger partial charge is 0.246 e. The van der Waals surface area contributed by atoms with E-state index in [1.165, 1.54) is 25.3 Å². The van der Waals surface area contributed by atoms with E-state index < -0.39 is 10.0 Å². The van der Waals surface area contributed by atoms with Crippen molar-refractivity contribution in [3.8, 4) is 0 Å². The summed E-state index contributed by atoms with van der Waals surface area (Å²) >= 11 is 5.85. The van der Waals surface area contributed by atoms with Gasteiger partial charge in [0.1, 0.15) is 4.90 Å². The molecule has 0 aliphatic heterocycles. The maximum atomic E-state index is 12.1. The highest BCUT2D eigenvalue weighted by Crippen LogP contribution is 2.29. The van der Waals surface area contributed by atoms with Crippen molar-refractivity contribution in [2.24, 2.45) is 0 Å². The summed E-state index contributed by atoms with van der Waals surface area (Å²) < 4.78 is 25.3. The first kappa shape index (κ1) is 13.0. The van der Waals surface area contributed by atoms with Gasteiger partial charge in [-0.2, -0.15) is 4.31 Å². The number of nitrogens with zero attached hydrogens (tertiary/aromatic N) is 1. The molecule has 0 unspecified atom stereocenters. The zero-order valence-electron chi connectivity index (χ0n) is 8.85. The average molecular weight is 261 g/mol. The molecule has 6 heteroatoms. The van der Waals surface area contributed by atoms with Crippen molar-refractivity contribution in [1.82, 2.24) is 4.31 Å². The molecule has 0 amide bonds. The SMILES string of the molecule is C=CCN(C)S(=O)(=O)c1c(N)cccc1Cl. The van der Waals surface area contributed by atoms with Crippen LogP contribution in [0.1, 0.15) is 0 Å². The van der Waals surface area contributed by atoms with Crippen LogP contribution in [0, 0.1) is 0 Å². The minimum atomic E-state index is -3.66. The third kappa shape index (κ3) is 2.37. The topological polar surface area (TPSA) is 63.4 Å². The molecule has 0 saturated heterocycles. The van der Waals surface area contributed by atoms with E-state index in [9.17, 15) is 8.42 Å². The quantitative estimate of drug-likeness (QED) is 0.662. The summed E-state index contributed by atoms with van der Waals surface area (Å²) in [5.74, 6) is 0. The van der Waals surface area contributed by atoms with Crippen molar-refractivity contribution in [3.05, 3.63) is 35.9 Å². The third-order valence-electron chi connectivity index (χ3n) is 2.05. The Balaban J connectivity index is 3.32. The Morgan fingerprint density at radius 2 is 2.19 bits per heavy atom. The third-order valence-corrected chi connectivity index (χ3v) is 4.42. The van der Waals surface area contributed by atoms with Gasteiger partial charge in [0.05, 0.1) is 10.7 Å². The van der Waals surface area contributed by atoms with E-state index >= 15 is 0 Å². The molecule has 0 heterocycles. The van der Waals surface area contributed by atoms with Gasteiger partial charge < -0.3 is 5.73 Å². The predicted molar refractivity (Wildman–Crippen MR) is 65.9 cm³/mol. The summed E-state index contributed by atoms with van der Waals surface area (Å²) in [6.07, 6.45) is 1.49. The minimum Gasteiger partial charge on any atom is -0.398 e. The van der Waals surface area contributed by atoms with Crippen LogP contribution in [0.5, 0.6) is 0 Å². The van der Waals surface area contributed by atoms with Gasteiger partial charge in [0.2, 0.25) is 10.0 Å². The number of halogens is 1. The highest BCUT2D eigenvalue weighted by atomic mass is 35.5. The highest BCUT2D eigenvalue weighted by molar-refractivity contribution is 7.89. The first-order valence-electron chi connectivity index (χ1n) is 4.52. The Kier molecular flexibility index (Phi) is 3.96. The van der Waals surface area contributed by atoms with Gasteiger partial charge in [-0.1, -0.05) is 23.7 Å². The zero-order valence-corrected chi connectivity index (χ0v) is 10.4. The zero-order chi connectivity index (χ0) is 12.3. The molecule has 88 valence electrons.